The molecule has 0 bridgehead atoms. The average Bonchev–Trinajstić information content (AvgIpc) is 1.63. The fourth-order valence-corrected chi connectivity index (χ4v) is 0.425. The summed E-state index contributed by atoms with van der Waals surface area (Å²) >= 11 is 9.30. The largest absolute Gasteiger partial charge is 0.321 e. The normalized spacial score (nSPS) is 9.22. The SMILES string of the molecule is O=[C]NC#CC(Br)(Br)Br. The predicted molar refractivity (Wildman–Crippen MR) is 46.1 cm³/mol. The van der Waals surface area contributed by atoms with Crippen molar-refractivity contribution in [2.24, 2.45) is 0 Å². The van der Waals surface area contributed by atoms with Crippen molar-refractivity contribution in [2.75, 3.05) is 0 Å². The first-order valence-corrected chi connectivity index (χ1v) is 4.15. The highest BCUT2D eigenvalue weighted by molar-refractivity contribution is 9.39. The number of carbonyl (C=O) groups excluding carboxylic acids is 1. The average molecular weight is 319 g/mol. The Morgan fingerprint density at radius 2 is 1.89 bits per heavy atom. The van der Waals surface area contributed by atoms with Crippen molar-refractivity contribution in [2.45, 2.75) is 2.14 Å². The number of hydrogen-bond acceptors (Lipinski definition) is 1. The summed E-state index contributed by atoms with van der Waals surface area (Å²) in [6, 6.07) is 2.31. The van der Waals surface area contributed by atoms with Crippen LogP contribution in [0.3, 0.4) is 0 Å². The Morgan fingerprint density at radius 3 is 2.22 bits per heavy atom. The van der Waals surface area contributed by atoms with E-state index in [2.05, 4.69) is 59.8 Å². The first-order valence-electron chi connectivity index (χ1n) is 1.77. The number of hydrogen-bond donors (Lipinski definition) is 1. The monoisotopic (exact) mass is 316 g/mol. The molecule has 0 aromatic heterocycles. The van der Waals surface area contributed by atoms with E-state index in [-0.39, 0.29) is 0 Å². The van der Waals surface area contributed by atoms with Gasteiger partial charge in [0.1, 0.15) is 0 Å². The fourth-order valence-electron chi connectivity index (χ4n) is 0.128. The van der Waals surface area contributed by atoms with Gasteiger partial charge in [0.25, 0.3) is 0 Å². The van der Waals surface area contributed by atoms with Gasteiger partial charge in [0, 0.05) is 6.04 Å². The maximum absolute atomic E-state index is 9.51. The molecule has 0 aliphatic heterocycles. The van der Waals surface area contributed by atoms with Crippen LogP contribution in [0.4, 0.5) is 0 Å². The Labute approximate surface area is 78.1 Å². The molecule has 0 atom stereocenters. The third-order valence-corrected chi connectivity index (χ3v) is 0.913. The second kappa shape index (κ2) is 4.31. The van der Waals surface area contributed by atoms with Crippen LogP contribution in [0, 0.1) is 12.0 Å². The molecule has 1 radical (unpaired) electrons. The van der Waals surface area contributed by atoms with Gasteiger partial charge in [-0.2, -0.15) is 0 Å². The van der Waals surface area contributed by atoms with Crippen LogP contribution in [0.2, 0.25) is 0 Å². The minimum Gasteiger partial charge on any atom is -0.277 e. The van der Waals surface area contributed by atoms with Gasteiger partial charge in [-0.05, 0) is 53.7 Å². The summed E-state index contributed by atoms with van der Waals surface area (Å²) in [7, 11) is 0. The molecule has 0 aliphatic carbocycles. The topological polar surface area (TPSA) is 29.1 Å². The molecule has 0 aliphatic rings. The molecular weight excluding hydrogens is 318 g/mol. The van der Waals surface area contributed by atoms with E-state index in [1.165, 1.54) is 6.41 Å². The van der Waals surface area contributed by atoms with Crippen LogP contribution in [0.15, 0.2) is 0 Å². The highest BCUT2D eigenvalue weighted by Crippen LogP contribution is 2.31. The molecule has 0 aromatic rings. The zero-order chi connectivity index (χ0) is 7.33. The lowest BCUT2D eigenvalue weighted by Crippen LogP contribution is -2.02. The zero-order valence-electron chi connectivity index (χ0n) is 4.04. The van der Waals surface area contributed by atoms with E-state index in [9.17, 15) is 4.79 Å². The molecule has 9 heavy (non-hydrogen) atoms. The number of amides is 1. The van der Waals surface area contributed by atoms with E-state index in [1.54, 1.807) is 0 Å². The molecule has 0 aromatic carbocycles. The van der Waals surface area contributed by atoms with E-state index in [1.807, 2.05) is 5.32 Å². The summed E-state index contributed by atoms with van der Waals surface area (Å²) in [6.07, 6.45) is 1.40. The van der Waals surface area contributed by atoms with Crippen LogP contribution in [0.25, 0.3) is 0 Å². The maximum atomic E-state index is 9.51. The van der Waals surface area contributed by atoms with Gasteiger partial charge in [-0.3, -0.25) is 10.1 Å². The first kappa shape index (κ1) is 9.47. The Kier molecular flexibility index (Phi) is 4.54. The molecule has 0 heterocycles. The van der Waals surface area contributed by atoms with Gasteiger partial charge in [0.05, 0.1) is 0 Å². The lowest BCUT2D eigenvalue weighted by atomic mass is 10.8. The van der Waals surface area contributed by atoms with Crippen LogP contribution in [0.5, 0.6) is 0 Å². The molecule has 1 N–H and O–H groups in total. The van der Waals surface area contributed by atoms with Crippen LogP contribution >= 0.6 is 47.8 Å². The Bertz CT molecular complexity index is 151. The van der Waals surface area contributed by atoms with E-state index in [0.29, 0.717) is 0 Å². The van der Waals surface area contributed by atoms with Crippen LogP contribution in [-0.2, 0) is 4.79 Å². The summed E-state index contributed by atoms with van der Waals surface area (Å²) in [6.45, 7) is 0. The van der Waals surface area contributed by atoms with Gasteiger partial charge >= 0.3 is 6.41 Å². The summed E-state index contributed by atoms with van der Waals surface area (Å²) in [5.41, 5.74) is 0. The Balaban J connectivity index is 3.72. The van der Waals surface area contributed by atoms with Crippen molar-refractivity contribution in [1.82, 2.24) is 5.32 Å². The molecule has 0 rings (SSSR count). The number of alkyl halides is 3. The van der Waals surface area contributed by atoms with Crippen LogP contribution in [-0.4, -0.2) is 8.55 Å². The molecule has 0 fully saturated rings. The molecule has 0 spiro atoms. The van der Waals surface area contributed by atoms with E-state index in [4.69, 9.17) is 0 Å². The van der Waals surface area contributed by atoms with Gasteiger partial charge < -0.3 is 0 Å². The van der Waals surface area contributed by atoms with E-state index in [0.717, 1.165) is 0 Å². The fraction of sp³-hybridized carbons (Fsp3) is 0.250. The molecule has 49 valence electrons. The van der Waals surface area contributed by atoms with Gasteiger partial charge in [0.15, 0.2) is 2.14 Å². The standard InChI is InChI=1S/C4HBr3NO/c5-4(6,7)1-2-8-3-9/h(H,8,9). The van der Waals surface area contributed by atoms with Gasteiger partial charge in [-0.15, -0.1) is 0 Å². The van der Waals surface area contributed by atoms with Gasteiger partial charge in [-0.1, -0.05) is 0 Å². The third-order valence-electron chi connectivity index (χ3n) is 0.318. The van der Waals surface area contributed by atoms with Gasteiger partial charge in [-0.25, -0.2) is 0 Å². The number of halogens is 3. The minimum atomic E-state index is -0.614. The third kappa shape index (κ3) is 8.47. The van der Waals surface area contributed by atoms with Crippen molar-refractivity contribution in [1.29, 1.82) is 0 Å². The first-order chi connectivity index (χ1) is 4.06. The van der Waals surface area contributed by atoms with Crippen LogP contribution in [0.1, 0.15) is 0 Å². The smallest absolute Gasteiger partial charge is 0.277 e. The molecule has 5 heteroatoms. The predicted octanol–water partition coefficient (Wildman–Crippen LogP) is 1.44. The lowest BCUT2D eigenvalue weighted by molar-refractivity contribution is 0.551. The van der Waals surface area contributed by atoms with E-state index < -0.39 is 2.14 Å². The van der Waals surface area contributed by atoms with Crippen molar-refractivity contribution in [3.63, 3.8) is 0 Å². The quantitative estimate of drug-likeness (QED) is 0.442. The minimum absolute atomic E-state index is 0.614. The van der Waals surface area contributed by atoms with Crippen LogP contribution < -0.4 is 5.32 Å². The summed E-state index contributed by atoms with van der Waals surface area (Å²) in [5.74, 6) is 2.55. The zero-order valence-corrected chi connectivity index (χ0v) is 8.80. The van der Waals surface area contributed by atoms with Crippen molar-refractivity contribution in [3.05, 3.63) is 0 Å². The summed E-state index contributed by atoms with van der Waals surface area (Å²) < 4.78 is -0.614. The number of nitrogens with one attached hydrogen (secondary N) is 1. The molecule has 0 saturated heterocycles. The second-order valence-corrected chi connectivity index (χ2v) is 7.74. The Morgan fingerprint density at radius 1 is 1.33 bits per heavy atom. The Hall–Kier alpha value is 0.470. The van der Waals surface area contributed by atoms with Gasteiger partial charge in [0.2, 0.25) is 0 Å². The van der Waals surface area contributed by atoms with Crippen molar-refractivity contribution >= 4 is 54.2 Å². The maximum Gasteiger partial charge on any atom is 0.321 e. The second-order valence-electron chi connectivity index (χ2n) is 0.975. The summed E-state index contributed by atoms with van der Waals surface area (Å²) in [5, 5.41) is 2.05. The van der Waals surface area contributed by atoms with Crippen molar-refractivity contribution < 1.29 is 4.79 Å². The molecular formula is C4HBr3NO. The van der Waals surface area contributed by atoms with E-state index >= 15 is 0 Å². The molecule has 1 amide bonds. The summed E-state index contributed by atoms with van der Waals surface area (Å²) in [4.78, 5) is 9.51. The highest BCUT2D eigenvalue weighted by Gasteiger charge is 2.11. The lowest BCUT2D eigenvalue weighted by Gasteiger charge is -1.97. The molecule has 2 nitrogen and oxygen atoms in total. The number of rotatable bonds is 1. The highest BCUT2D eigenvalue weighted by atomic mass is 80.0. The molecule has 0 unspecified atom stereocenters. The molecule has 0 saturated carbocycles. The van der Waals surface area contributed by atoms with Crippen molar-refractivity contribution in [3.8, 4) is 12.0 Å².